The Labute approximate surface area is 102 Å². The molecule has 0 fully saturated rings. The maximum Gasteiger partial charge on any atom is 0.0527 e. The fourth-order valence-corrected chi connectivity index (χ4v) is 2.16. The SMILES string of the molecule is CCn1ncc(Cc2cnn(CC)c2C)c1C. The molecule has 0 aliphatic carbocycles. The summed E-state index contributed by atoms with van der Waals surface area (Å²) in [6.45, 7) is 10.4. The number of aryl methyl sites for hydroxylation is 2. The molecule has 2 aromatic heterocycles. The Morgan fingerprint density at radius 2 is 1.29 bits per heavy atom. The van der Waals surface area contributed by atoms with Gasteiger partial charge in [-0.3, -0.25) is 9.36 Å². The van der Waals surface area contributed by atoms with Crippen LogP contribution in [-0.4, -0.2) is 19.6 Å². The summed E-state index contributed by atoms with van der Waals surface area (Å²) in [5, 5.41) is 8.75. The fourth-order valence-electron chi connectivity index (χ4n) is 2.16. The number of aromatic nitrogens is 4. The molecule has 0 radical (unpaired) electrons. The first kappa shape index (κ1) is 11.9. The molecule has 17 heavy (non-hydrogen) atoms. The van der Waals surface area contributed by atoms with Crippen molar-refractivity contribution < 1.29 is 0 Å². The molecule has 92 valence electrons. The molecule has 0 aliphatic heterocycles. The van der Waals surface area contributed by atoms with Crippen LogP contribution in [0.25, 0.3) is 0 Å². The van der Waals surface area contributed by atoms with Crippen molar-refractivity contribution in [2.45, 2.75) is 47.2 Å². The maximum absolute atomic E-state index is 4.38. The zero-order valence-corrected chi connectivity index (χ0v) is 11.1. The lowest BCUT2D eigenvalue weighted by Gasteiger charge is -2.03. The van der Waals surface area contributed by atoms with Gasteiger partial charge in [0, 0.05) is 30.9 Å². The molecule has 0 spiro atoms. The highest BCUT2D eigenvalue weighted by molar-refractivity contribution is 5.28. The summed E-state index contributed by atoms with van der Waals surface area (Å²) in [6, 6.07) is 0. The predicted molar refractivity (Wildman–Crippen MR) is 68.1 cm³/mol. The van der Waals surface area contributed by atoms with Crippen LogP contribution in [0.15, 0.2) is 12.4 Å². The van der Waals surface area contributed by atoms with Gasteiger partial charge in [0.2, 0.25) is 0 Å². The number of hydrogen-bond donors (Lipinski definition) is 0. The second kappa shape index (κ2) is 4.73. The van der Waals surface area contributed by atoms with Gasteiger partial charge in [0.1, 0.15) is 0 Å². The first-order valence-corrected chi connectivity index (χ1v) is 6.19. The Balaban J connectivity index is 2.25. The van der Waals surface area contributed by atoms with Crippen molar-refractivity contribution >= 4 is 0 Å². The number of rotatable bonds is 4. The van der Waals surface area contributed by atoms with E-state index in [1.807, 2.05) is 21.8 Å². The Bertz CT molecular complexity index is 461. The molecule has 2 aromatic rings. The molecule has 0 saturated carbocycles. The highest BCUT2D eigenvalue weighted by Crippen LogP contribution is 2.16. The van der Waals surface area contributed by atoms with Crippen molar-refractivity contribution in [2.75, 3.05) is 0 Å². The summed E-state index contributed by atoms with van der Waals surface area (Å²) in [6.07, 6.45) is 4.88. The van der Waals surface area contributed by atoms with E-state index >= 15 is 0 Å². The number of nitrogens with zero attached hydrogens (tertiary/aromatic N) is 4. The summed E-state index contributed by atoms with van der Waals surface area (Å²) in [5.41, 5.74) is 5.11. The minimum Gasteiger partial charge on any atom is -0.270 e. The van der Waals surface area contributed by atoms with Crippen molar-refractivity contribution in [1.82, 2.24) is 19.6 Å². The molecule has 4 heteroatoms. The molecule has 0 atom stereocenters. The lowest BCUT2D eigenvalue weighted by molar-refractivity contribution is 0.637. The third kappa shape index (κ3) is 2.12. The summed E-state index contributed by atoms with van der Waals surface area (Å²) < 4.78 is 4.07. The smallest absolute Gasteiger partial charge is 0.0527 e. The summed E-state index contributed by atoms with van der Waals surface area (Å²) >= 11 is 0. The van der Waals surface area contributed by atoms with E-state index in [1.54, 1.807) is 0 Å². The minimum absolute atomic E-state index is 0.928. The van der Waals surface area contributed by atoms with Crippen LogP contribution in [0.2, 0.25) is 0 Å². The molecule has 0 aromatic carbocycles. The normalized spacial score (nSPS) is 11.1. The number of hydrogen-bond acceptors (Lipinski definition) is 2. The summed E-state index contributed by atoms with van der Waals surface area (Å²) in [5.74, 6) is 0. The Morgan fingerprint density at radius 1 is 0.882 bits per heavy atom. The molecule has 4 nitrogen and oxygen atoms in total. The van der Waals surface area contributed by atoms with Crippen LogP contribution in [0.3, 0.4) is 0 Å². The van der Waals surface area contributed by atoms with Gasteiger partial charge in [-0.15, -0.1) is 0 Å². The van der Waals surface area contributed by atoms with Gasteiger partial charge in [-0.2, -0.15) is 10.2 Å². The third-order valence-corrected chi connectivity index (χ3v) is 3.39. The second-order valence-electron chi connectivity index (χ2n) is 4.32. The highest BCUT2D eigenvalue weighted by Gasteiger charge is 2.10. The first-order valence-electron chi connectivity index (χ1n) is 6.19. The average molecular weight is 232 g/mol. The average Bonchev–Trinajstić information content (AvgIpc) is 2.85. The van der Waals surface area contributed by atoms with Crippen LogP contribution in [0.4, 0.5) is 0 Å². The van der Waals surface area contributed by atoms with Crippen LogP contribution < -0.4 is 0 Å². The van der Waals surface area contributed by atoms with Crippen LogP contribution in [-0.2, 0) is 19.5 Å². The van der Waals surface area contributed by atoms with E-state index in [4.69, 9.17) is 0 Å². The lowest BCUT2D eigenvalue weighted by atomic mass is 10.1. The molecule has 0 bridgehead atoms. The monoisotopic (exact) mass is 232 g/mol. The van der Waals surface area contributed by atoms with Gasteiger partial charge >= 0.3 is 0 Å². The highest BCUT2D eigenvalue weighted by atomic mass is 15.3. The van der Waals surface area contributed by atoms with E-state index in [2.05, 4.69) is 37.9 Å². The first-order chi connectivity index (χ1) is 8.17. The molecule has 0 amide bonds. The van der Waals surface area contributed by atoms with Gasteiger partial charge < -0.3 is 0 Å². The quantitative estimate of drug-likeness (QED) is 0.811. The van der Waals surface area contributed by atoms with Gasteiger partial charge in [0.05, 0.1) is 12.4 Å². The minimum atomic E-state index is 0.928. The van der Waals surface area contributed by atoms with Gasteiger partial charge in [-0.25, -0.2) is 0 Å². The zero-order chi connectivity index (χ0) is 12.4. The Hall–Kier alpha value is -1.58. The van der Waals surface area contributed by atoms with Crippen LogP contribution in [0, 0.1) is 13.8 Å². The van der Waals surface area contributed by atoms with Crippen LogP contribution in [0.1, 0.15) is 36.4 Å². The van der Waals surface area contributed by atoms with Gasteiger partial charge in [-0.1, -0.05) is 0 Å². The molecule has 0 saturated heterocycles. The second-order valence-corrected chi connectivity index (χ2v) is 4.32. The molecule has 2 heterocycles. The van der Waals surface area contributed by atoms with Crippen LogP contribution in [0.5, 0.6) is 0 Å². The van der Waals surface area contributed by atoms with Crippen molar-refractivity contribution in [3.8, 4) is 0 Å². The van der Waals surface area contributed by atoms with E-state index in [-0.39, 0.29) is 0 Å². The van der Waals surface area contributed by atoms with E-state index in [1.165, 1.54) is 22.5 Å². The zero-order valence-electron chi connectivity index (χ0n) is 11.1. The Morgan fingerprint density at radius 3 is 1.59 bits per heavy atom. The van der Waals surface area contributed by atoms with Crippen molar-refractivity contribution in [2.24, 2.45) is 0 Å². The summed E-state index contributed by atoms with van der Waals surface area (Å²) in [7, 11) is 0. The molecular formula is C13H20N4. The van der Waals surface area contributed by atoms with Gasteiger partial charge in [0.25, 0.3) is 0 Å². The maximum atomic E-state index is 4.38. The summed E-state index contributed by atoms with van der Waals surface area (Å²) in [4.78, 5) is 0. The third-order valence-electron chi connectivity index (χ3n) is 3.39. The van der Waals surface area contributed by atoms with Gasteiger partial charge in [0.15, 0.2) is 0 Å². The van der Waals surface area contributed by atoms with Crippen molar-refractivity contribution in [3.05, 3.63) is 34.9 Å². The van der Waals surface area contributed by atoms with Crippen molar-refractivity contribution in [1.29, 1.82) is 0 Å². The lowest BCUT2D eigenvalue weighted by Crippen LogP contribution is -2.01. The van der Waals surface area contributed by atoms with Gasteiger partial charge in [-0.05, 0) is 38.8 Å². The predicted octanol–water partition coefficient (Wildman–Crippen LogP) is 2.33. The molecule has 0 aliphatic rings. The fraction of sp³-hybridized carbons (Fsp3) is 0.538. The van der Waals surface area contributed by atoms with E-state index in [0.29, 0.717) is 0 Å². The Kier molecular flexibility index (Phi) is 3.31. The van der Waals surface area contributed by atoms with E-state index in [0.717, 1.165) is 19.5 Å². The van der Waals surface area contributed by atoms with E-state index in [9.17, 15) is 0 Å². The molecule has 0 N–H and O–H groups in total. The van der Waals surface area contributed by atoms with E-state index < -0.39 is 0 Å². The van der Waals surface area contributed by atoms with Crippen LogP contribution >= 0.6 is 0 Å². The molecular weight excluding hydrogens is 212 g/mol. The standard InChI is InChI=1S/C13H20N4/c1-5-16-10(3)12(8-14-16)7-13-9-15-17(6-2)11(13)4/h8-9H,5-7H2,1-4H3. The topological polar surface area (TPSA) is 35.6 Å². The largest absolute Gasteiger partial charge is 0.270 e. The molecule has 0 unspecified atom stereocenters. The molecule has 2 rings (SSSR count). The van der Waals surface area contributed by atoms with Crippen molar-refractivity contribution in [3.63, 3.8) is 0 Å².